The van der Waals surface area contributed by atoms with E-state index in [9.17, 15) is 4.79 Å². The number of likely N-dealkylation sites (tertiary alicyclic amines) is 1. The first-order valence-corrected chi connectivity index (χ1v) is 9.76. The van der Waals surface area contributed by atoms with E-state index in [1.165, 1.54) is 0 Å². The summed E-state index contributed by atoms with van der Waals surface area (Å²) in [4.78, 5) is 24.1. The Labute approximate surface area is 159 Å². The lowest BCUT2D eigenvalue weighted by Gasteiger charge is -2.28. The van der Waals surface area contributed by atoms with Crippen LogP contribution in [0.3, 0.4) is 0 Å². The number of ether oxygens (including phenoxy) is 1. The van der Waals surface area contributed by atoms with Crippen LogP contribution in [0.1, 0.15) is 55.3 Å². The van der Waals surface area contributed by atoms with Gasteiger partial charge in [0.15, 0.2) is 0 Å². The average molecular weight is 370 g/mol. The van der Waals surface area contributed by atoms with E-state index in [1.807, 2.05) is 18.7 Å². The van der Waals surface area contributed by atoms with Crippen molar-refractivity contribution in [2.45, 2.75) is 52.0 Å². The van der Waals surface area contributed by atoms with Crippen molar-refractivity contribution in [3.8, 4) is 11.3 Å². The Hall–Kier alpha value is -2.28. The molecule has 144 valence electrons. The van der Waals surface area contributed by atoms with Crippen LogP contribution < -0.4 is 0 Å². The Balaban J connectivity index is 1.53. The summed E-state index contributed by atoms with van der Waals surface area (Å²) in [6.07, 6.45) is 8.01. The number of aromatic nitrogens is 3. The third-order valence-electron chi connectivity index (χ3n) is 5.66. The van der Waals surface area contributed by atoms with E-state index in [4.69, 9.17) is 14.2 Å². The molecule has 4 rings (SSSR count). The Morgan fingerprint density at radius 3 is 2.78 bits per heavy atom. The number of aryl methyl sites for hydroxylation is 2. The van der Waals surface area contributed by atoms with Gasteiger partial charge in [0.1, 0.15) is 5.76 Å². The molecule has 7 heteroatoms. The van der Waals surface area contributed by atoms with E-state index in [0.29, 0.717) is 12.3 Å². The zero-order chi connectivity index (χ0) is 18.8. The zero-order valence-electron chi connectivity index (χ0n) is 16.0. The van der Waals surface area contributed by atoms with Crippen molar-refractivity contribution in [3.63, 3.8) is 0 Å². The highest BCUT2D eigenvalue weighted by Crippen LogP contribution is 2.34. The van der Waals surface area contributed by atoms with Gasteiger partial charge < -0.3 is 14.2 Å². The summed E-state index contributed by atoms with van der Waals surface area (Å²) in [6, 6.07) is 0.00487. The zero-order valence-corrected chi connectivity index (χ0v) is 16.0. The topological polar surface area (TPSA) is 81.4 Å². The molecule has 2 fully saturated rings. The molecule has 27 heavy (non-hydrogen) atoms. The van der Waals surface area contributed by atoms with Gasteiger partial charge in [-0.3, -0.25) is 9.78 Å². The molecule has 1 atom stereocenters. The van der Waals surface area contributed by atoms with Crippen LogP contribution in [0.25, 0.3) is 11.3 Å². The van der Waals surface area contributed by atoms with Crippen molar-refractivity contribution < 1.29 is 14.1 Å². The SMILES string of the molecule is Cc1noc(C)c1-c1cncc(C2CCCN2C(=O)CC2CCOCC2)n1. The molecular weight excluding hydrogens is 344 g/mol. The van der Waals surface area contributed by atoms with Gasteiger partial charge in [0.2, 0.25) is 5.91 Å². The smallest absolute Gasteiger partial charge is 0.223 e. The lowest BCUT2D eigenvalue weighted by atomic mass is 9.95. The van der Waals surface area contributed by atoms with Crippen molar-refractivity contribution in [1.82, 2.24) is 20.0 Å². The van der Waals surface area contributed by atoms with Crippen LogP contribution in [0.4, 0.5) is 0 Å². The number of amides is 1. The Bertz CT molecular complexity index is 794. The van der Waals surface area contributed by atoms with Crippen LogP contribution in [-0.4, -0.2) is 45.7 Å². The number of hydrogen-bond donors (Lipinski definition) is 0. The van der Waals surface area contributed by atoms with E-state index < -0.39 is 0 Å². The number of carbonyl (C=O) groups excluding carboxylic acids is 1. The van der Waals surface area contributed by atoms with Gasteiger partial charge in [-0.1, -0.05) is 5.16 Å². The molecule has 0 saturated carbocycles. The van der Waals surface area contributed by atoms with Crippen LogP contribution in [-0.2, 0) is 9.53 Å². The number of hydrogen-bond acceptors (Lipinski definition) is 6. The predicted molar refractivity (Wildman–Crippen MR) is 98.9 cm³/mol. The minimum atomic E-state index is 0.00487. The van der Waals surface area contributed by atoms with Crippen molar-refractivity contribution >= 4 is 5.91 Å². The molecule has 0 radical (unpaired) electrons. The third-order valence-corrected chi connectivity index (χ3v) is 5.66. The fraction of sp³-hybridized carbons (Fsp3) is 0.600. The van der Waals surface area contributed by atoms with Crippen LogP contribution in [0.5, 0.6) is 0 Å². The van der Waals surface area contributed by atoms with Gasteiger partial charge in [0.05, 0.1) is 41.1 Å². The summed E-state index contributed by atoms with van der Waals surface area (Å²) in [5.41, 5.74) is 3.30. The molecule has 0 N–H and O–H groups in total. The largest absolute Gasteiger partial charge is 0.381 e. The van der Waals surface area contributed by atoms with Gasteiger partial charge in [0.25, 0.3) is 0 Å². The molecule has 0 aromatic carbocycles. The van der Waals surface area contributed by atoms with Gasteiger partial charge >= 0.3 is 0 Å². The second-order valence-corrected chi connectivity index (χ2v) is 7.53. The maximum absolute atomic E-state index is 12.9. The predicted octanol–water partition coefficient (Wildman–Crippen LogP) is 3.23. The van der Waals surface area contributed by atoms with Gasteiger partial charge in [-0.15, -0.1) is 0 Å². The monoisotopic (exact) mass is 370 g/mol. The minimum Gasteiger partial charge on any atom is -0.381 e. The number of carbonyl (C=O) groups is 1. The summed E-state index contributed by atoms with van der Waals surface area (Å²) in [7, 11) is 0. The highest BCUT2D eigenvalue weighted by atomic mass is 16.5. The minimum absolute atomic E-state index is 0.00487. The number of nitrogens with zero attached hydrogens (tertiary/aromatic N) is 4. The maximum atomic E-state index is 12.9. The van der Waals surface area contributed by atoms with Crippen LogP contribution in [0, 0.1) is 19.8 Å². The second-order valence-electron chi connectivity index (χ2n) is 7.53. The lowest BCUT2D eigenvalue weighted by molar-refractivity contribution is -0.133. The Morgan fingerprint density at radius 2 is 2.04 bits per heavy atom. The van der Waals surface area contributed by atoms with Crippen molar-refractivity contribution in [2.24, 2.45) is 5.92 Å². The molecule has 2 aromatic rings. The van der Waals surface area contributed by atoms with Crippen molar-refractivity contribution in [2.75, 3.05) is 19.8 Å². The quantitative estimate of drug-likeness (QED) is 0.822. The van der Waals surface area contributed by atoms with Crippen LogP contribution in [0.15, 0.2) is 16.9 Å². The normalized spacial score (nSPS) is 21.0. The first-order chi connectivity index (χ1) is 13.1. The van der Waals surface area contributed by atoms with E-state index in [1.54, 1.807) is 12.4 Å². The van der Waals surface area contributed by atoms with Gasteiger partial charge in [0, 0.05) is 26.2 Å². The molecule has 2 aliphatic heterocycles. The first-order valence-electron chi connectivity index (χ1n) is 9.76. The molecule has 0 spiro atoms. The molecular formula is C20H26N4O3. The Morgan fingerprint density at radius 1 is 1.22 bits per heavy atom. The summed E-state index contributed by atoms with van der Waals surface area (Å²) < 4.78 is 10.7. The maximum Gasteiger partial charge on any atom is 0.223 e. The van der Waals surface area contributed by atoms with E-state index in [0.717, 1.165) is 73.8 Å². The van der Waals surface area contributed by atoms with E-state index >= 15 is 0 Å². The third kappa shape index (κ3) is 3.74. The molecule has 1 unspecified atom stereocenters. The van der Waals surface area contributed by atoms with E-state index in [-0.39, 0.29) is 11.9 Å². The highest BCUT2D eigenvalue weighted by Gasteiger charge is 2.32. The summed E-state index contributed by atoms with van der Waals surface area (Å²) in [5.74, 6) is 1.40. The van der Waals surface area contributed by atoms with Crippen molar-refractivity contribution in [3.05, 3.63) is 29.5 Å². The molecule has 2 aliphatic rings. The van der Waals surface area contributed by atoms with Crippen molar-refractivity contribution in [1.29, 1.82) is 0 Å². The summed E-state index contributed by atoms with van der Waals surface area (Å²) >= 11 is 0. The van der Waals surface area contributed by atoms with Gasteiger partial charge in [-0.25, -0.2) is 4.98 Å². The summed E-state index contributed by atoms with van der Waals surface area (Å²) in [5, 5.41) is 4.01. The molecule has 0 aliphatic carbocycles. The van der Waals surface area contributed by atoms with Crippen LogP contribution >= 0.6 is 0 Å². The fourth-order valence-electron chi connectivity index (χ4n) is 4.20. The molecule has 2 aromatic heterocycles. The fourth-order valence-corrected chi connectivity index (χ4v) is 4.20. The lowest BCUT2D eigenvalue weighted by Crippen LogP contribution is -2.33. The molecule has 4 heterocycles. The second kappa shape index (κ2) is 7.76. The molecule has 0 bridgehead atoms. The van der Waals surface area contributed by atoms with Gasteiger partial charge in [-0.2, -0.15) is 0 Å². The van der Waals surface area contributed by atoms with Crippen LogP contribution in [0.2, 0.25) is 0 Å². The molecule has 1 amide bonds. The van der Waals surface area contributed by atoms with Gasteiger partial charge in [-0.05, 0) is 45.4 Å². The molecule has 7 nitrogen and oxygen atoms in total. The number of rotatable bonds is 4. The molecule has 2 saturated heterocycles. The van der Waals surface area contributed by atoms with E-state index in [2.05, 4.69) is 10.1 Å². The average Bonchev–Trinajstić information content (AvgIpc) is 3.29. The Kier molecular flexibility index (Phi) is 5.20. The first kappa shape index (κ1) is 18.1. The highest BCUT2D eigenvalue weighted by molar-refractivity contribution is 5.77. The summed E-state index contributed by atoms with van der Waals surface area (Å²) in [6.45, 7) is 6.12. The standard InChI is InChI=1S/C20H26N4O3/c1-13-20(14(2)27-23-13)17-12-21-11-16(22-17)18-4-3-7-24(18)19(25)10-15-5-8-26-9-6-15/h11-12,15,18H,3-10H2,1-2H3.